The largest absolute Gasteiger partial charge is 0.478 e. The topological polar surface area (TPSA) is 96.0 Å². The van der Waals surface area contributed by atoms with Gasteiger partial charge in [0.15, 0.2) is 5.96 Å². The van der Waals surface area contributed by atoms with E-state index in [1.54, 1.807) is 31.3 Å². The number of hydrogen-bond acceptors (Lipinski definition) is 4. The molecule has 1 aliphatic rings. The van der Waals surface area contributed by atoms with Crippen LogP contribution in [0.4, 0.5) is 0 Å². The molecule has 2 aromatic carbocycles. The highest BCUT2D eigenvalue weighted by atomic mass is 16.4. The Morgan fingerprint density at radius 2 is 1.88 bits per heavy atom. The first-order valence-electron chi connectivity index (χ1n) is 7.86. The van der Waals surface area contributed by atoms with Crippen LogP contribution in [0.25, 0.3) is 11.1 Å². The number of benzene rings is 2. The summed E-state index contributed by atoms with van der Waals surface area (Å²) in [5.41, 5.74) is 8.11. The van der Waals surface area contributed by atoms with Gasteiger partial charge in [0, 0.05) is 7.05 Å². The molecule has 2 aromatic rings. The number of amides is 1. The lowest BCUT2D eigenvalue weighted by molar-refractivity contribution is -0.128. The van der Waals surface area contributed by atoms with Gasteiger partial charge in [-0.3, -0.25) is 9.69 Å². The monoisotopic (exact) mass is 337 g/mol. The predicted molar refractivity (Wildman–Crippen MR) is 95.2 cm³/mol. The summed E-state index contributed by atoms with van der Waals surface area (Å²) in [5.74, 6) is -0.830. The Morgan fingerprint density at radius 1 is 1.20 bits per heavy atom. The maximum Gasteiger partial charge on any atom is 0.335 e. The number of carboxylic acids is 1. The molecule has 25 heavy (non-hydrogen) atoms. The van der Waals surface area contributed by atoms with Crippen LogP contribution in [0.15, 0.2) is 53.5 Å². The van der Waals surface area contributed by atoms with E-state index in [0.717, 1.165) is 16.7 Å². The molecule has 6 heteroatoms. The van der Waals surface area contributed by atoms with Crippen LogP contribution in [0.1, 0.15) is 29.3 Å². The normalized spacial score (nSPS) is 20.3. The summed E-state index contributed by atoms with van der Waals surface area (Å²) in [6.07, 6.45) is 0.242. The number of carbonyl (C=O) groups is 2. The highest BCUT2D eigenvalue weighted by Gasteiger charge is 2.36. The standard InChI is InChI=1S/C19H19N3O3/c1-19(11-16(23)22(2)18(20)21-19)15-5-3-4-14(10-15)12-6-8-13(9-7-12)17(24)25/h3-10H,11H2,1-2H3,(H2,20,21)(H,24,25). The first kappa shape index (κ1) is 16.7. The maximum absolute atomic E-state index is 12.2. The zero-order valence-electron chi connectivity index (χ0n) is 14.1. The van der Waals surface area contributed by atoms with Gasteiger partial charge in [0.2, 0.25) is 5.91 Å². The molecule has 1 heterocycles. The van der Waals surface area contributed by atoms with Crippen LogP contribution < -0.4 is 5.73 Å². The van der Waals surface area contributed by atoms with Crippen LogP contribution in [0.2, 0.25) is 0 Å². The summed E-state index contributed by atoms with van der Waals surface area (Å²) in [7, 11) is 1.61. The summed E-state index contributed by atoms with van der Waals surface area (Å²) < 4.78 is 0. The van der Waals surface area contributed by atoms with Gasteiger partial charge in [0.25, 0.3) is 0 Å². The predicted octanol–water partition coefficient (Wildman–Crippen LogP) is 2.44. The SMILES string of the molecule is CN1C(=O)CC(C)(c2cccc(-c3ccc(C(=O)O)cc3)c2)N=C1N. The quantitative estimate of drug-likeness (QED) is 0.899. The van der Waals surface area contributed by atoms with Crippen LogP contribution in [0.3, 0.4) is 0 Å². The average molecular weight is 337 g/mol. The van der Waals surface area contributed by atoms with Crippen molar-refractivity contribution in [2.75, 3.05) is 7.05 Å². The third kappa shape index (κ3) is 3.10. The number of carboxylic acid groups (broad SMARTS) is 1. The summed E-state index contributed by atoms with van der Waals surface area (Å²) >= 11 is 0. The molecule has 1 atom stereocenters. The maximum atomic E-state index is 12.2. The molecular formula is C19H19N3O3. The van der Waals surface area contributed by atoms with Crippen molar-refractivity contribution in [2.45, 2.75) is 18.9 Å². The van der Waals surface area contributed by atoms with Gasteiger partial charge < -0.3 is 10.8 Å². The molecule has 0 fully saturated rings. The van der Waals surface area contributed by atoms with E-state index in [-0.39, 0.29) is 23.9 Å². The molecule has 0 spiro atoms. The number of guanidine groups is 1. The number of carbonyl (C=O) groups excluding carboxylic acids is 1. The van der Waals surface area contributed by atoms with E-state index in [4.69, 9.17) is 10.8 Å². The van der Waals surface area contributed by atoms with Gasteiger partial charge in [-0.1, -0.05) is 30.3 Å². The Bertz CT molecular complexity index is 874. The smallest absolute Gasteiger partial charge is 0.335 e. The van der Waals surface area contributed by atoms with E-state index in [1.807, 2.05) is 31.2 Å². The first-order valence-corrected chi connectivity index (χ1v) is 7.86. The molecule has 3 N–H and O–H groups in total. The van der Waals surface area contributed by atoms with E-state index >= 15 is 0 Å². The third-order valence-corrected chi connectivity index (χ3v) is 4.52. The highest BCUT2D eigenvalue weighted by Crippen LogP contribution is 2.34. The lowest BCUT2D eigenvalue weighted by Crippen LogP contribution is -2.47. The minimum Gasteiger partial charge on any atom is -0.478 e. The van der Waals surface area contributed by atoms with Gasteiger partial charge in [0.05, 0.1) is 17.5 Å². The van der Waals surface area contributed by atoms with Crippen molar-refractivity contribution in [1.82, 2.24) is 4.90 Å². The third-order valence-electron chi connectivity index (χ3n) is 4.52. The molecule has 0 saturated carbocycles. The fraction of sp³-hybridized carbons (Fsp3) is 0.211. The van der Waals surface area contributed by atoms with Crippen LogP contribution >= 0.6 is 0 Å². The molecule has 128 valence electrons. The summed E-state index contributed by atoms with van der Waals surface area (Å²) in [5, 5.41) is 9.00. The zero-order chi connectivity index (χ0) is 18.2. The fourth-order valence-corrected chi connectivity index (χ4v) is 2.91. The lowest BCUT2D eigenvalue weighted by atomic mass is 9.86. The highest BCUT2D eigenvalue weighted by molar-refractivity contribution is 5.98. The number of nitrogens with two attached hydrogens (primary N) is 1. The van der Waals surface area contributed by atoms with Crippen molar-refractivity contribution >= 4 is 17.8 Å². The van der Waals surface area contributed by atoms with E-state index < -0.39 is 11.5 Å². The zero-order valence-corrected chi connectivity index (χ0v) is 14.1. The van der Waals surface area contributed by atoms with E-state index in [0.29, 0.717) is 0 Å². The van der Waals surface area contributed by atoms with Gasteiger partial charge in [-0.25, -0.2) is 9.79 Å². The second-order valence-corrected chi connectivity index (χ2v) is 6.34. The van der Waals surface area contributed by atoms with E-state index in [9.17, 15) is 9.59 Å². The van der Waals surface area contributed by atoms with Crippen molar-refractivity contribution in [3.05, 3.63) is 59.7 Å². The van der Waals surface area contributed by atoms with Gasteiger partial charge in [0.1, 0.15) is 0 Å². The summed E-state index contributed by atoms with van der Waals surface area (Å²) in [6, 6.07) is 14.4. The molecule has 0 aromatic heterocycles. The first-order chi connectivity index (χ1) is 11.8. The fourth-order valence-electron chi connectivity index (χ4n) is 2.91. The van der Waals surface area contributed by atoms with Crippen LogP contribution in [-0.2, 0) is 10.3 Å². The summed E-state index contributed by atoms with van der Waals surface area (Å²) in [6.45, 7) is 1.89. The Hall–Kier alpha value is -3.15. The van der Waals surface area contributed by atoms with Crippen LogP contribution in [0.5, 0.6) is 0 Å². The molecular weight excluding hydrogens is 318 g/mol. The van der Waals surface area contributed by atoms with Crippen molar-refractivity contribution in [3.8, 4) is 11.1 Å². The van der Waals surface area contributed by atoms with E-state index in [2.05, 4.69) is 4.99 Å². The minimum absolute atomic E-state index is 0.0776. The van der Waals surface area contributed by atoms with Gasteiger partial charge in [-0.15, -0.1) is 0 Å². The van der Waals surface area contributed by atoms with Gasteiger partial charge >= 0.3 is 5.97 Å². The number of nitrogens with zero attached hydrogens (tertiary/aromatic N) is 2. The van der Waals surface area contributed by atoms with Gasteiger partial charge in [-0.05, 0) is 41.8 Å². The van der Waals surface area contributed by atoms with Gasteiger partial charge in [-0.2, -0.15) is 0 Å². The Balaban J connectivity index is 1.99. The molecule has 0 radical (unpaired) electrons. The van der Waals surface area contributed by atoms with E-state index in [1.165, 1.54) is 4.90 Å². The van der Waals surface area contributed by atoms with Crippen molar-refractivity contribution in [2.24, 2.45) is 10.7 Å². The van der Waals surface area contributed by atoms with Crippen molar-refractivity contribution in [3.63, 3.8) is 0 Å². The average Bonchev–Trinajstić information content (AvgIpc) is 2.60. The Morgan fingerprint density at radius 3 is 2.48 bits per heavy atom. The molecule has 1 unspecified atom stereocenters. The second kappa shape index (κ2) is 6.05. The number of aliphatic imine (C=N–C) groups is 1. The summed E-state index contributed by atoms with van der Waals surface area (Å²) in [4.78, 5) is 29.0. The molecule has 0 bridgehead atoms. The molecule has 6 nitrogen and oxygen atoms in total. The number of aromatic carboxylic acids is 1. The Kier molecular flexibility index (Phi) is 4.04. The number of hydrogen-bond donors (Lipinski definition) is 2. The van der Waals surface area contributed by atoms with Crippen LogP contribution in [-0.4, -0.2) is 34.9 Å². The molecule has 0 aliphatic carbocycles. The van der Waals surface area contributed by atoms with Crippen molar-refractivity contribution < 1.29 is 14.7 Å². The molecule has 0 saturated heterocycles. The minimum atomic E-state index is -0.956. The van der Waals surface area contributed by atoms with Crippen LogP contribution in [0, 0.1) is 0 Å². The molecule has 1 amide bonds. The van der Waals surface area contributed by atoms with Crippen molar-refractivity contribution in [1.29, 1.82) is 0 Å². The molecule has 1 aliphatic heterocycles. The number of rotatable bonds is 3. The Labute approximate surface area is 145 Å². The lowest BCUT2D eigenvalue weighted by Gasteiger charge is -2.33. The second-order valence-electron chi connectivity index (χ2n) is 6.34. The molecule has 3 rings (SSSR count).